The molecule has 0 aliphatic rings. The third kappa shape index (κ3) is 3.12. The van der Waals surface area contributed by atoms with E-state index in [4.69, 9.17) is 0 Å². The Kier molecular flexibility index (Phi) is 2.83. The number of rotatable bonds is 2. The first-order valence-electron chi connectivity index (χ1n) is 3.78. The van der Waals surface area contributed by atoms with E-state index >= 15 is 0 Å². The fourth-order valence-electron chi connectivity index (χ4n) is 0.860. The van der Waals surface area contributed by atoms with Crippen molar-refractivity contribution in [3.05, 3.63) is 23.8 Å². The number of carbonyl (C=O) groups excluding carboxylic acids is 1. The quantitative estimate of drug-likeness (QED) is 0.689. The molecular formula is C8H7F3N2O. The standard InChI is InChI=1S/C8H7F3N2O/c1-5(14)6-2-3-12-7(13-6)4-8(9,10)11/h2-3H,4H2,1H3. The van der Waals surface area contributed by atoms with Gasteiger partial charge in [0.2, 0.25) is 0 Å². The zero-order valence-corrected chi connectivity index (χ0v) is 7.30. The van der Waals surface area contributed by atoms with Gasteiger partial charge in [0.15, 0.2) is 5.78 Å². The first-order chi connectivity index (χ1) is 6.38. The maximum atomic E-state index is 11.9. The van der Waals surface area contributed by atoms with Crippen LogP contribution >= 0.6 is 0 Å². The zero-order valence-electron chi connectivity index (χ0n) is 7.30. The van der Waals surface area contributed by atoms with Crippen LogP contribution in [0.5, 0.6) is 0 Å². The van der Waals surface area contributed by atoms with Gasteiger partial charge < -0.3 is 0 Å². The minimum absolute atomic E-state index is 0.000694. The molecule has 0 amide bonds. The predicted molar refractivity (Wildman–Crippen MR) is 41.8 cm³/mol. The van der Waals surface area contributed by atoms with Gasteiger partial charge in [0, 0.05) is 13.1 Å². The lowest BCUT2D eigenvalue weighted by Gasteiger charge is -2.04. The van der Waals surface area contributed by atoms with Crippen LogP contribution in [0.25, 0.3) is 0 Å². The lowest BCUT2D eigenvalue weighted by atomic mass is 10.3. The van der Waals surface area contributed by atoms with Gasteiger partial charge >= 0.3 is 6.18 Å². The summed E-state index contributed by atoms with van der Waals surface area (Å²) in [6, 6.07) is 1.28. The Labute approximate surface area is 78.0 Å². The third-order valence-corrected chi connectivity index (χ3v) is 1.42. The summed E-state index contributed by atoms with van der Waals surface area (Å²) >= 11 is 0. The van der Waals surface area contributed by atoms with Crippen LogP contribution in [0.4, 0.5) is 13.2 Å². The zero-order chi connectivity index (χ0) is 10.8. The van der Waals surface area contributed by atoms with Gasteiger partial charge in [-0.1, -0.05) is 0 Å². The van der Waals surface area contributed by atoms with Gasteiger partial charge in [-0.25, -0.2) is 9.97 Å². The van der Waals surface area contributed by atoms with Crippen molar-refractivity contribution in [1.82, 2.24) is 9.97 Å². The van der Waals surface area contributed by atoms with Crippen LogP contribution in [0.3, 0.4) is 0 Å². The van der Waals surface area contributed by atoms with Crippen molar-refractivity contribution in [2.75, 3.05) is 0 Å². The molecule has 1 aromatic rings. The molecule has 0 spiro atoms. The van der Waals surface area contributed by atoms with Gasteiger partial charge in [-0.15, -0.1) is 0 Å². The summed E-state index contributed by atoms with van der Waals surface area (Å²) in [5.74, 6) is -0.763. The highest BCUT2D eigenvalue weighted by Crippen LogP contribution is 2.18. The summed E-state index contributed by atoms with van der Waals surface area (Å²) < 4.78 is 35.7. The Morgan fingerprint density at radius 1 is 1.50 bits per heavy atom. The van der Waals surface area contributed by atoms with Gasteiger partial charge in [0.1, 0.15) is 17.9 Å². The number of alkyl halides is 3. The van der Waals surface area contributed by atoms with E-state index in [2.05, 4.69) is 9.97 Å². The minimum atomic E-state index is -4.35. The van der Waals surface area contributed by atoms with E-state index in [0.717, 1.165) is 6.20 Å². The van der Waals surface area contributed by atoms with Gasteiger partial charge in [0.25, 0.3) is 0 Å². The Morgan fingerprint density at radius 2 is 2.14 bits per heavy atom. The number of Topliss-reactive ketones (excluding diaryl/α,β-unsaturated/α-hetero) is 1. The molecule has 0 saturated heterocycles. The third-order valence-electron chi connectivity index (χ3n) is 1.42. The smallest absolute Gasteiger partial charge is 0.293 e. The summed E-state index contributed by atoms with van der Waals surface area (Å²) in [5, 5.41) is 0. The lowest BCUT2D eigenvalue weighted by molar-refractivity contribution is -0.128. The summed E-state index contributed by atoms with van der Waals surface area (Å²) in [6.07, 6.45) is -4.42. The van der Waals surface area contributed by atoms with Crippen LogP contribution in [0.1, 0.15) is 23.2 Å². The monoisotopic (exact) mass is 204 g/mol. The second-order valence-corrected chi connectivity index (χ2v) is 2.71. The normalized spacial score (nSPS) is 11.4. The summed E-state index contributed by atoms with van der Waals surface area (Å²) in [7, 11) is 0. The molecule has 0 unspecified atom stereocenters. The molecule has 0 bridgehead atoms. The highest BCUT2D eigenvalue weighted by atomic mass is 19.4. The Bertz CT molecular complexity index is 349. The average molecular weight is 204 g/mol. The topological polar surface area (TPSA) is 42.9 Å². The number of hydrogen-bond donors (Lipinski definition) is 0. The molecule has 1 rings (SSSR count). The number of nitrogens with zero attached hydrogens (tertiary/aromatic N) is 2. The van der Waals surface area contributed by atoms with Crippen molar-refractivity contribution in [2.24, 2.45) is 0 Å². The molecule has 3 nitrogen and oxygen atoms in total. The summed E-state index contributed by atoms with van der Waals surface area (Å²) in [5.41, 5.74) is -0.000694. The summed E-state index contributed by atoms with van der Waals surface area (Å²) in [4.78, 5) is 17.7. The van der Waals surface area contributed by atoms with Crippen LogP contribution in [-0.4, -0.2) is 21.9 Å². The van der Waals surface area contributed by atoms with Crippen LogP contribution in [0.2, 0.25) is 0 Å². The van der Waals surface area contributed by atoms with Crippen molar-refractivity contribution in [3.8, 4) is 0 Å². The minimum Gasteiger partial charge on any atom is -0.293 e. The van der Waals surface area contributed by atoms with Gasteiger partial charge in [-0.3, -0.25) is 4.79 Å². The average Bonchev–Trinajstić information content (AvgIpc) is 2.01. The number of halogens is 3. The van der Waals surface area contributed by atoms with Crippen LogP contribution < -0.4 is 0 Å². The van der Waals surface area contributed by atoms with Gasteiger partial charge in [-0.2, -0.15) is 13.2 Å². The number of ketones is 1. The van der Waals surface area contributed by atoms with Crippen LogP contribution in [0.15, 0.2) is 12.3 Å². The molecule has 0 atom stereocenters. The first-order valence-corrected chi connectivity index (χ1v) is 3.78. The SMILES string of the molecule is CC(=O)c1ccnc(CC(F)(F)F)n1. The lowest BCUT2D eigenvalue weighted by Crippen LogP contribution is -2.15. The van der Waals surface area contributed by atoms with Crippen molar-refractivity contribution < 1.29 is 18.0 Å². The second-order valence-electron chi connectivity index (χ2n) is 2.71. The molecule has 0 N–H and O–H groups in total. The molecule has 0 fully saturated rings. The van der Waals surface area contributed by atoms with Crippen molar-refractivity contribution in [1.29, 1.82) is 0 Å². The van der Waals surface area contributed by atoms with E-state index < -0.39 is 12.6 Å². The van der Waals surface area contributed by atoms with Gasteiger partial charge in [-0.05, 0) is 6.07 Å². The van der Waals surface area contributed by atoms with Crippen LogP contribution in [-0.2, 0) is 6.42 Å². The number of hydrogen-bond acceptors (Lipinski definition) is 3. The van der Waals surface area contributed by atoms with Crippen LogP contribution in [0, 0.1) is 0 Å². The van der Waals surface area contributed by atoms with E-state index in [-0.39, 0.29) is 17.3 Å². The van der Waals surface area contributed by atoms with E-state index in [9.17, 15) is 18.0 Å². The predicted octanol–water partition coefficient (Wildman–Crippen LogP) is 1.78. The van der Waals surface area contributed by atoms with E-state index in [1.165, 1.54) is 13.0 Å². The number of carbonyl (C=O) groups is 1. The van der Waals surface area contributed by atoms with E-state index in [1.807, 2.05) is 0 Å². The molecule has 1 heterocycles. The summed E-state index contributed by atoms with van der Waals surface area (Å²) in [6.45, 7) is 1.24. The molecule has 0 aliphatic heterocycles. The molecule has 76 valence electrons. The molecule has 0 aliphatic carbocycles. The molecule has 0 saturated carbocycles. The highest BCUT2D eigenvalue weighted by molar-refractivity contribution is 5.91. The fourth-order valence-corrected chi connectivity index (χ4v) is 0.860. The van der Waals surface area contributed by atoms with Crippen molar-refractivity contribution in [3.63, 3.8) is 0 Å². The van der Waals surface area contributed by atoms with Crippen molar-refractivity contribution >= 4 is 5.78 Å². The molecule has 6 heteroatoms. The largest absolute Gasteiger partial charge is 0.396 e. The maximum absolute atomic E-state index is 11.9. The Hall–Kier alpha value is -1.46. The molecule has 1 aromatic heterocycles. The first kappa shape index (κ1) is 10.6. The molecule has 0 aromatic carbocycles. The van der Waals surface area contributed by atoms with Crippen molar-refractivity contribution in [2.45, 2.75) is 19.5 Å². The molecular weight excluding hydrogens is 197 g/mol. The fraction of sp³-hybridized carbons (Fsp3) is 0.375. The van der Waals surface area contributed by atoms with Gasteiger partial charge in [0.05, 0.1) is 0 Å². The Balaban J connectivity index is 2.89. The molecule has 14 heavy (non-hydrogen) atoms. The molecule has 0 radical (unpaired) electrons. The van der Waals surface area contributed by atoms with E-state index in [0.29, 0.717) is 0 Å². The highest BCUT2D eigenvalue weighted by Gasteiger charge is 2.29. The number of aromatic nitrogens is 2. The second kappa shape index (κ2) is 3.73. The van der Waals surface area contributed by atoms with E-state index in [1.54, 1.807) is 0 Å². The Morgan fingerprint density at radius 3 is 2.64 bits per heavy atom. The maximum Gasteiger partial charge on any atom is 0.396 e.